The van der Waals surface area contributed by atoms with Gasteiger partial charge in [-0.15, -0.1) is 0 Å². The highest BCUT2D eigenvalue weighted by Crippen LogP contribution is 2.23. The second-order valence-electron chi connectivity index (χ2n) is 6.19. The first-order chi connectivity index (χ1) is 11.5. The lowest BCUT2D eigenvalue weighted by Gasteiger charge is -2.13. The summed E-state index contributed by atoms with van der Waals surface area (Å²) in [6.45, 7) is 6.91. The van der Waals surface area contributed by atoms with E-state index < -0.39 is 6.10 Å². The molecule has 24 heavy (non-hydrogen) atoms. The number of rotatable bonds is 8. The van der Waals surface area contributed by atoms with Gasteiger partial charge in [0.25, 0.3) is 5.91 Å². The van der Waals surface area contributed by atoms with Crippen molar-refractivity contribution in [2.24, 2.45) is 5.92 Å². The Hall–Kier alpha value is -2.18. The van der Waals surface area contributed by atoms with Gasteiger partial charge in [-0.1, -0.05) is 43.7 Å². The number of nitrogens with zero attached hydrogens (tertiary/aromatic N) is 1. The fourth-order valence-electron chi connectivity index (χ4n) is 2.11. The normalized spacial score (nSPS) is 12.4. The largest absolute Gasteiger partial charge is 0.443 e. The van der Waals surface area contributed by atoms with Gasteiger partial charge in [-0.2, -0.15) is 0 Å². The molecule has 1 aromatic carbocycles. The van der Waals surface area contributed by atoms with Gasteiger partial charge < -0.3 is 19.6 Å². The van der Waals surface area contributed by atoms with Gasteiger partial charge in [0.05, 0.1) is 12.7 Å². The number of nitrogens with one attached hydrogen (secondary N) is 1. The first-order valence-electron chi connectivity index (χ1n) is 8.02. The van der Waals surface area contributed by atoms with Crippen LogP contribution in [0.2, 0.25) is 0 Å². The van der Waals surface area contributed by atoms with E-state index in [0.29, 0.717) is 18.3 Å². The minimum absolute atomic E-state index is 0.0944. The zero-order chi connectivity index (χ0) is 17.5. The Bertz CT molecular complexity index is 649. The van der Waals surface area contributed by atoms with Crippen LogP contribution in [0.25, 0.3) is 11.3 Å². The fourth-order valence-corrected chi connectivity index (χ4v) is 2.11. The summed E-state index contributed by atoms with van der Waals surface area (Å²) in [5, 5.41) is 12.5. The van der Waals surface area contributed by atoms with Crippen molar-refractivity contribution in [3.8, 4) is 11.3 Å². The lowest BCUT2D eigenvalue weighted by Crippen LogP contribution is -2.35. The number of amides is 1. The van der Waals surface area contributed by atoms with Gasteiger partial charge in [-0.25, -0.2) is 4.98 Å². The molecule has 0 aliphatic carbocycles. The maximum absolute atomic E-state index is 12.3. The lowest BCUT2D eigenvalue weighted by molar-refractivity contribution is 0.0259. The van der Waals surface area contributed by atoms with Crippen molar-refractivity contribution in [3.63, 3.8) is 0 Å². The van der Waals surface area contributed by atoms with Crippen LogP contribution < -0.4 is 5.32 Å². The Morgan fingerprint density at radius 1 is 1.29 bits per heavy atom. The van der Waals surface area contributed by atoms with Crippen LogP contribution in [0.3, 0.4) is 0 Å². The van der Waals surface area contributed by atoms with Gasteiger partial charge >= 0.3 is 0 Å². The van der Waals surface area contributed by atoms with Crippen molar-refractivity contribution in [1.29, 1.82) is 0 Å². The molecule has 6 nitrogen and oxygen atoms in total. The molecule has 0 saturated carbocycles. The summed E-state index contributed by atoms with van der Waals surface area (Å²) in [4.78, 5) is 16.3. The third-order valence-electron chi connectivity index (χ3n) is 3.36. The van der Waals surface area contributed by atoms with Crippen LogP contribution in [0.4, 0.5) is 0 Å². The summed E-state index contributed by atoms with van der Waals surface area (Å²) in [5.41, 5.74) is 2.10. The first kappa shape index (κ1) is 18.2. The minimum atomic E-state index is -0.762. The summed E-state index contributed by atoms with van der Waals surface area (Å²) in [6.07, 6.45) is 0.481. The van der Waals surface area contributed by atoms with Gasteiger partial charge in [0.1, 0.15) is 0 Å². The highest BCUT2D eigenvalue weighted by Gasteiger charge is 2.19. The standard InChI is InChI=1S/C18H24N2O4/c1-12(2)9-23-10-15(21)8-19-18(22)16-17(24-11-20-16)14-6-4-13(3)5-7-14/h4-7,11-12,15,21H,8-10H2,1-3H3,(H,19,22)/t15-/m1/s1. The summed E-state index contributed by atoms with van der Waals surface area (Å²) in [6, 6.07) is 7.63. The van der Waals surface area contributed by atoms with Crippen molar-refractivity contribution < 1.29 is 19.1 Å². The monoisotopic (exact) mass is 332 g/mol. The molecule has 6 heteroatoms. The molecule has 0 spiro atoms. The molecule has 130 valence electrons. The predicted octanol–water partition coefficient (Wildman–Crippen LogP) is 2.41. The number of carbonyl (C=O) groups is 1. The SMILES string of the molecule is Cc1ccc(-c2ocnc2C(=O)NC[C@@H](O)COCC(C)C)cc1. The average Bonchev–Trinajstić information content (AvgIpc) is 3.02. The van der Waals surface area contributed by atoms with Gasteiger partial charge in [-0.3, -0.25) is 4.79 Å². The molecular formula is C18H24N2O4. The average molecular weight is 332 g/mol. The van der Waals surface area contributed by atoms with Crippen LogP contribution in [-0.2, 0) is 4.74 Å². The highest BCUT2D eigenvalue weighted by molar-refractivity contribution is 5.97. The number of hydrogen-bond donors (Lipinski definition) is 2. The van der Waals surface area contributed by atoms with Crippen molar-refractivity contribution in [1.82, 2.24) is 10.3 Å². The molecule has 0 radical (unpaired) electrons. The molecule has 0 saturated heterocycles. The number of benzene rings is 1. The third kappa shape index (κ3) is 5.18. The smallest absolute Gasteiger partial charge is 0.274 e. The van der Waals surface area contributed by atoms with Gasteiger partial charge in [0, 0.05) is 18.7 Å². The maximum atomic E-state index is 12.3. The number of aliphatic hydroxyl groups is 1. The molecule has 1 aromatic heterocycles. The minimum Gasteiger partial charge on any atom is -0.443 e. The third-order valence-corrected chi connectivity index (χ3v) is 3.36. The number of oxazole rings is 1. The number of carbonyl (C=O) groups excluding carboxylic acids is 1. The number of hydrogen-bond acceptors (Lipinski definition) is 5. The molecule has 0 aliphatic rings. The Kier molecular flexibility index (Phi) is 6.52. The Balaban J connectivity index is 1.91. The van der Waals surface area contributed by atoms with E-state index in [1.807, 2.05) is 45.0 Å². The second-order valence-corrected chi connectivity index (χ2v) is 6.19. The van der Waals surface area contributed by atoms with E-state index in [9.17, 15) is 9.90 Å². The maximum Gasteiger partial charge on any atom is 0.274 e. The van der Waals surface area contributed by atoms with Crippen molar-refractivity contribution in [2.45, 2.75) is 26.9 Å². The van der Waals surface area contributed by atoms with Crippen LogP contribution in [0.1, 0.15) is 29.9 Å². The summed E-state index contributed by atoms with van der Waals surface area (Å²) >= 11 is 0. The topological polar surface area (TPSA) is 84.6 Å². The number of aliphatic hydroxyl groups excluding tert-OH is 1. The molecule has 0 bridgehead atoms. The van der Waals surface area contributed by atoms with Crippen molar-refractivity contribution in [3.05, 3.63) is 41.9 Å². The predicted molar refractivity (Wildman–Crippen MR) is 90.7 cm³/mol. The molecule has 2 rings (SSSR count). The van der Waals surface area contributed by atoms with E-state index >= 15 is 0 Å². The highest BCUT2D eigenvalue weighted by atomic mass is 16.5. The van der Waals surface area contributed by atoms with Gasteiger partial charge in [-0.05, 0) is 12.8 Å². The van der Waals surface area contributed by atoms with Crippen LogP contribution in [0.15, 0.2) is 35.1 Å². The zero-order valence-electron chi connectivity index (χ0n) is 14.3. The zero-order valence-corrected chi connectivity index (χ0v) is 14.3. The van der Waals surface area contributed by atoms with Crippen LogP contribution in [0, 0.1) is 12.8 Å². The molecule has 0 fully saturated rings. The van der Waals surface area contributed by atoms with Gasteiger partial charge in [0.2, 0.25) is 0 Å². The first-order valence-corrected chi connectivity index (χ1v) is 8.02. The Morgan fingerprint density at radius 3 is 2.67 bits per heavy atom. The molecule has 0 aliphatic heterocycles. The fraction of sp³-hybridized carbons (Fsp3) is 0.444. The van der Waals surface area contributed by atoms with E-state index in [-0.39, 0.29) is 24.8 Å². The number of aromatic nitrogens is 1. The van der Waals surface area contributed by atoms with Crippen molar-refractivity contribution >= 4 is 5.91 Å². The quantitative estimate of drug-likeness (QED) is 0.775. The molecule has 1 atom stereocenters. The van der Waals surface area contributed by atoms with E-state index in [1.54, 1.807) is 0 Å². The molecule has 1 heterocycles. The molecular weight excluding hydrogens is 308 g/mol. The number of aryl methyl sites for hydroxylation is 1. The van der Waals surface area contributed by atoms with E-state index in [0.717, 1.165) is 11.1 Å². The number of ether oxygens (including phenoxy) is 1. The molecule has 0 unspecified atom stereocenters. The summed E-state index contributed by atoms with van der Waals surface area (Å²) < 4.78 is 10.7. The Labute approximate surface area is 141 Å². The lowest BCUT2D eigenvalue weighted by atomic mass is 10.1. The second kappa shape index (κ2) is 8.61. The van der Waals surface area contributed by atoms with Crippen LogP contribution in [0.5, 0.6) is 0 Å². The summed E-state index contributed by atoms with van der Waals surface area (Å²) in [7, 11) is 0. The molecule has 1 amide bonds. The van der Waals surface area contributed by atoms with Crippen molar-refractivity contribution in [2.75, 3.05) is 19.8 Å². The van der Waals surface area contributed by atoms with Crippen LogP contribution >= 0.6 is 0 Å². The summed E-state index contributed by atoms with van der Waals surface area (Å²) in [5.74, 6) is 0.430. The van der Waals surface area contributed by atoms with Gasteiger partial charge in [0.15, 0.2) is 17.8 Å². The molecule has 2 N–H and O–H groups in total. The van der Waals surface area contributed by atoms with Crippen LogP contribution in [-0.4, -0.2) is 41.9 Å². The van der Waals surface area contributed by atoms with E-state index in [1.165, 1.54) is 6.39 Å². The van der Waals surface area contributed by atoms with E-state index in [4.69, 9.17) is 9.15 Å². The Morgan fingerprint density at radius 2 is 2.00 bits per heavy atom. The molecule has 2 aromatic rings. The van der Waals surface area contributed by atoms with E-state index in [2.05, 4.69) is 10.3 Å².